The van der Waals surface area contributed by atoms with Crippen molar-refractivity contribution in [3.63, 3.8) is 0 Å². The molecule has 3 heterocycles. The third-order valence-corrected chi connectivity index (χ3v) is 4.28. The molecule has 1 atom stereocenters. The summed E-state index contributed by atoms with van der Waals surface area (Å²) in [5, 5.41) is 7.12. The van der Waals surface area contributed by atoms with E-state index in [1.165, 1.54) is 0 Å². The molecule has 1 aliphatic heterocycles. The van der Waals surface area contributed by atoms with Gasteiger partial charge in [-0.05, 0) is 25.0 Å². The lowest BCUT2D eigenvalue weighted by Crippen LogP contribution is -2.47. The zero-order valence-electron chi connectivity index (χ0n) is 13.5. The first-order valence-corrected chi connectivity index (χ1v) is 8.09. The molecule has 4 rings (SSSR count). The van der Waals surface area contributed by atoms with E-state index in [-0.39, 0.29) is 11.9 Å². The molecule has 0 aliphatic carbocycles. The summed E-state index contributed by atoms with van der Waals surface area (Å²) >= 11 is 0. The first-order valence-electron chi connectivity index (χ1n) is 8.09. The van der Waals surface area contributed by atoms with Crippen LogP contribution in [-0.2, 0) is 7.05 Å². The molecule has 7 nitrogen and oxygen atoms in total. The summed E-state index contributed by atoms with van der Waals surface area (Å²) in [6, 6.07) is 8.43. The van der Waals surface area contributed by atoms with Crippen molar-refractivity contribution in [2.75, 3.05) is 18.0 Å². The predicted molar refractivity (Wildman–Crippen MR) is 89.9 cm³/mol. The van der Waals surface area contributed by atoms with Gasteiger partial charge in [-0.15, -0.1) is 0 Å². The molecule has 24 heavy (non-hydrogen) atoms. The first kappa shape index (κ1) is 14.7. The molecule has 1 saturated heterocycles. The second kappa shape index (κ2) is 5.99. The number of anilines is 1. The molecule has 2 aromatic heterocycles. The molecule has 1 N–H and O–H groups in total. The second-order valence-electron chi connectivity index (χ2n) is 6.13. The maximum absolute atomic E-state index is 12.3. The van der Waals surface area contributed by atoms with Gasteiger partial charge < -0.3 is 14.6 Å². The third kappa shape index (κ3) is 2.84. The number of hydrogen-bond donors (Lipinski definition) is 1. The van der Waals surface area contributed by atoms with Crippen molar-refractivity contribution in [2.24, 2.45) is 7.05 Å². The van der Waals surface area contributed by atoms with Crippen molar-refractivity contribution in [3.05, 3.63) is 42.2 Å². The molecule has 124 valence electrons. The molecular formula is C17H19N5O2. The number of oxazole rings is 1. The van der Waals surface area contributed by atoms with Gasteiger partial charge in [-0.3, -0.25) is 9.48 Å². The number of para-hydroxylation sites is 2. The second-order valence-corrected chi connectivity index (χ2v) is 6.13. The van der Waals surface area contributed by atoms with Crippen LogP contribution in [0.2, 0.25) is 0 Å². The van der Waals surface area contributed by atoms with Gasteiger partial charge in [0.25, 0.3) is 11.9 Å². The molecule has 1 amide bonds. The van der Waals surface area contributed by atoms with Crippen molar-refractivity contribution in [2.45, 2.75) is 18.9 Å². The Morgan fingerprint density at radius 1 is 1.38 bits per heavy atom. The van der Waals surface area contributed by atoms with Crippen LogP contribution in [0.15, 0.2) is 41.1 Å². The van der Waals surface area contributed by atoms with Crippen molar-refractivity contribution >= 4 is 23.0 Å². The van der Waals surface area contributed by atoms with Crippen molar-refractivity contribution in [3.8, 4) is 0 Å². The fraction of sp³-hybridized carbons (Fsp3) is 0.353. The molecule has 0 bridgehead atoms. The monoisotopic (exact) mass is 325 g/mol. The van der Waals surface area contributed by atoms with Crippen LogP contribution >= 0.6 is 0 Å². The number of amides is 1. The molecule has 1 unspecified atom stereocenters. The highest BCUT2D eigenvalue weighted by Gasteiger charge is 2.25. The van der Waals surface area contributed by atoms with E-state index in [0.29, 0.717) is 18.1 Å². The van der Waals surface area contributed by atoms with Gasteiger partial charge in [0.1, 0.15) is 5.52 Å². The van der Waals surface area contributed by atoms with Gasteiger partial charge >= 0.3 is 0 Å². The average molecular weight is 325 g/mol. The fourth-order valence-corrected chi connectivity index (χ4v) is 3.07. The van der Waals surface area contributed by atoms with Crippen LogP contribution in [0.3, 0.4) is 0 Å². The minimum Gasteiger partial charge on any atom is -0.423 e. The Morgan fingerprint density at radius 2 is 2.25 bits per heavy atom. The maximum Gasteiger partial charge on any atom is 0.298 e. The average Bonchev–Trinajstić information content (AvgIpc) is 3.21. The normalized spacial score (nSPS) is 18.0. The van der Waals surface area contributed by atoms with Crippen molar-refractivity contribution < 1.29 is 9.21 Å². The number of nitrogens with one attached hydrogen (secondary N) is 1. The predicted octanol–water partition coefficient (Wildman–Crippen LogP) is 1.96. The topological polar surface area (TPSA) is 76.2 Å². The van der Waals surface area contributed by atoms with Gasteiger partial charge in [0, 0.05) is 32.4 Å². The maximum atomic E-state index is 12.3. The number of carbonyl (C=O) groups is 1. The van der Waals surface area contributed by atoms with Gasteiger partial charge in [-0.1, -0.05) is 12.1 Å². The smallest absolute Gasteiger partial charge is 0.298 e. The third-order valence-electron chi connectivity index (χ3n) is 4.28. The number of rotatable bonds is 3. The summed E-state index contributed by atoms with van der Waals surface area (Å²) in [7, 11) is 1.80. The minimum atomic E-state index is -0.0903. The summed E-state index contributed by atoms with van der Waals surface area (Å²) in [5.74, 6) is -0.0903. The Bertz CT molecular complexity index is 836. The lowest BCUT2D eigenvalue weighted by molar-refractivity contribution is 0.0932. The standard InChI is InChI=1S/C17H19N5O2/c1-21-10-12(9-18-21)16(23)19-13-5-4-8-22(11-13)17-20-14-6-2-3-7-15(14)24-17/h2-3,6-7,9-10,13H,4-5,8,11H2,1H3,(H,19,23). The van der Waals surface area contributed by atoms with Gasteiger partial charge in [0.15, 0.2) is 5.58 Å². The largest absolute Gasteiger partial charge is 0.423 e. The van der Waals surface area contributed by atoms with E-state index in [2.05, 4.69) is 20.3 Å². The highest BCUT2D eigenvalue weighted by atomic mass is 16.4. The van der Waals surface area contributed by atoms with E-state index in [1.807, 2.05) is 24.3 Å². The van der Waals surface area contributed by atoms with Crippen LogP contribution in [0.25, 0.3) is 11.1 Å². The zero-order chi connectivity index (χ0) is 16.5. The number of hydrogen-bond acceptors (Lipinski definition) is 5. The number of benzene rings is 1. The van der Waals surface area contributed by atoms with E-state index in [1.54, 1.807) is 24.1 Å². The van der Waals surface area contributed by atoms with Gasteiger partial charge in [-0.2, -0.15) is 10.1 Å². The van der Waals surface area contributed by atoms with Gasteiger partial charge in [0.05, 0.1) is 11.8 Å². The summed E-state index contributed by atoms with van der Waals surface area (Å²) in [6.07, 6.45) is 5.23. The summed E-state index contributed by atoms with van der Waals surface area (Å²) in [5.41, 5.74) is 2.22. The van der Waals surface area contributed by atoms with E-state index in [0.717, 1.165) is 30.5 Å². The van der Waals surface area contributed by atoms with Crippen molar-refractivity contribution in [1.29, 1.82) is 0 Å². The van der Waals surface area contributed by atoms with E-state index >= 15 is 0 Å². The Balaban J connectivity index is 1.46. The molecule has 7 heteroatoms. The Labute approximate surface area is 139 Å². The molecule has 0 radical (unpaired) electrons. The van der Waals surface area contributed by atoms with E-state index in [9.17, 15) is 4.79 Å². The molecule has 1 aliphatic rings. The minimum absolute atomic E-state index is 0.0708. The molecule has 1 aromatic carbocycles. The number of piperidine rings is 1. The SMILES string of the molecule is Cn1cc(C(=O)NC2CCCN(c3nc4ccccc4o3)C2)cn1. The van der Waals surface area contributed by atoms with Crippen LogP contribution in [0, 0.1) is 0 Å². The number of aryl methyl sites for hydroxylation is 1. The fourth-order valence-electron chi connectivity index (χ4n) is 3.07. The van der Waals surface area contributed by atoms with Crippen LogP contribution in [-0.4, -0.2) is 39.8 Å². The lowest BCUT2D eigenvalue weighted by atomic mass is 10.1. The Kier molecular flexibility index (Phi) is 3.68. The summed E-state index contributed by atoms with van der Waals surface area (Å²) in [4.78, 5) is 18.9. The van der Waals surface area contributed by atoms with Crippen LogP contribution < -0.4 is 10.2 Å². The van der Waals surface area contributed by atoms with E-state index in [4.69, 9.17) is 4.42 Å². The number of aromatic nitrogens is 3. The van der Waals surface area contributed by atoms with Gasteiger partial charge in [-0.25, -0.2) is 0 Å². The molecule has 1 fully saturated rings. The Hall–Kier alpha value is -2.83. The number of nitrogens with zero attached hydrogens (tertiary/aromatic N) is 4. The first-order chi connectivity index (χ1) is 11.7. The quantitative estimate of drug-likeness (QED) is 0.796. The summed E-state index contributed by atoms with van der Waals surface area (Å²) in [6.45, 7) is 1.57. The summed E-state index contributed by atoms with van der Waals surface area (Å²) < 4.78 is 7.46. The Morgan fingerprint density at radius 3 is 3.04 bits per heavy atom. The zero-order valence-corrected chi connectivity index (χ0v) is 13.5. The lowest BCUT2D eigenvalue weighted by Gasteiger charge is -2.31. The highest BCUT2D eigenvalue weighted by Crippen LogP contribution is 2.24. The highest BCUT2D eigenvalue weighted by molar-refractivity contribution is 5.93. The van der Waals surface area contributed by atoms with Gasteiger partial charge in [0.2, 0.25) is 0 Å². The molecule has 0 saturated carbocycles. The molecular weight excluding hydrogens is 306 g/mol. The molecule has 0 spiro atoms. The van der Waals surface area contributed by atoms with Crippen molar-refractivity contribution in [1.82, 2.24) is 20.1 Å². The number of fused-ring (bicyclic) bond motifs is 1. The van der Waals surface area contributed by atoms with Crippen LogP contribution in [0.5, 0.6) is 0 Å². The van der Waals surface area contributed by atoms with Crippen LogP contribution in [0.4, 0.5) is 6.01 Å². The molecule has 3 aromatic rings. The van der Waals surface area contributed by atoms with Crippen LogP contribution in [0.1, 0.15) is 23.2 Å². The number of carbonyl (C=O) groups excluding carboxylic acids is 1. The van der Waals surface area contributed by atoms with E-state index < -0.39 is 0 Å².